The number of rotatable bonds is 6. The molecule has 21 heavy (non-hydrogen) atoms. The molecular formula is C16H16FNO3. The molecule has 0 aliphatic carbocycles. The second kappa shape index (κ2) is 6.74. The third kappa shape index (κ3) is 4.21. The Kier molecular flexibility index (Phi) is 4.77. The van der Waals surface area contributed by atoms with Crippen molar-refractivity contribution in [2.45, 2.75) is 19.4 Å². The zero-order chi connectivity index (χ0) is 15.2. The van der Waals surface area contributed by atoms with Gasteiger partial charge in [0.15, 0.2) is 0 Å². The Morgan fingerprint density at radius 2 is 2.00 bits per heavy atom. The third-order valence-electron chi connectivity index (χ3n) is 3.04. The monoisotopic (exact) mass is 289 g/mol. The molecule has 0 spiro atoms. The van der Waals surface area contributed by atoms with Crippen LogP contribution in [0.3, 0.4) is 0 Å². The van der Waals surface area contributed by atoms with E-state index in [1.165, 1.54) is 6.07 Å². The molecule has 0 saturated heterocycles. The van der Waals surface area contributed by atoms with Crippen LogP contribution in [0.25, 0.3) is 0 Å². The second-order valence-corrected chi connectivity index (χ2v) is 4.65. The van der Waals surface area contributed by atoms with E-state index in [1.807, 2.05) is 0 Å². The number of hydrogen-bond donors (Lipinski definition) is 2. The number of carbonyl (C=O) groups is 1. The van der Waals surface area contributed by atoms with Crippen molar-refractivity contribution in [2.24, 2.45) is 0 Å². The van der Waals surface area contributed by atoms with Crippen molar-refractivity contribution in [2.75, 3.05) is 5.73 Å². The van der Waals surface area contributed by atoms with Crippen LogP contribution >= 0.6 is 0 Å². The van der Waals surface area contributed by atoms with Crippen LogP contribution in [0.5, 0.6) is 5.75 Å². The van der Waals surface area contributed by atoms with Gasteiger partial charge in [0.2, 0.25) is 0 Å². The topological polar surface area (TPSA) is 72.6 Å². The molecule has 0 fully saturated rings. The van der Waals surface area contributed by atoms with Crippen LogP contribution in [0.4, 0.5) is 10.1 Å². The molecular weight excluding hydrogens is 273 g/mol. The number of aryl methyl sites for hydroxylation is 1. The maximum absolute atomic E-state index is 13.5. The Hall–Kier alpha value is -2.56. The smallest absolute Gasteiger partial charge is 0.303 e. The van der Waals surface area contributed by atoms with Crippen LogP contribution in [0.2, 0.25) is 0 Å². The summed E-state index contributed by atoms with van der Waals surface area (Å²) in [5.74, 6) is -0.722. The highest BCUT2D eigenvalue weighted by Gasteiger charge is 2.06. The summed E-state index contributed by atoms with van der Waals surface area (Å²) in [5, 5.41) is 8.64. The van der Waals surface area contributed by atoms with Gasteiger partial charge in [0.05, 0.1) is 5.69 Å². The fourth-order valence-electron chi connectivity index (χ4n) is 1.91. The highest BCUT2D eigenvalue weighted by atomic mass is 19.1. The van der Waals surface area contributed by atoms with E-state index in [0.717, 1.165) is 5.56 Å². The minimum absolute atomic E-state index is 0.0505. The van der Waals surface area contributed by atoms with Crippen molar-refractivity contribution in [3.8, 4) is 5.75 Å². The number of nitrogens with two attached hydrogens (primary N) is 1. The molecule has 5 heteroatoms. The van der Waals surface area contributed by atoms with Gasteiger partial charge in [-0.2, -0.15) is 0 Å². The van der Waals surface area contributed by atoms with Gasteiger partial charge in [0, 0.05) is 12.0 Å². The number of halogens is 1. The first-order valence-corrected chi connectivity index (χ1v) is 6.52. The van der Waals surface area contributed by atoms with Crippen LogP contribution in [0.15, 0.2) is 42.5 Å². The van der Waals surface area contributed by atoms with Crippen molar-refractivity contribution in [3.05, 3.63) is 59.4 Å². The van der Waals surface area contributed by atoms with Gasteiger partial charge in [-0.1, -0.05) is 24.3 Å². The summed E-state index contributed by atoms with van der Waals surface area (Å²) in [6, 6.07) is 11.5. The van der Waals surface area contributed by atoms with E-state index in [2.05, 4.69) is 0 Å². The first kappa shape index (κ1) is 14.8. The summed E-state index contributed by atoms with van der Waals surface area (Å²) in [6.45, 7) is 0.0886. The normalized spacial score (nSPS) is 10.3. The molecule has 0 amide bonds. The fraction of sp³-hybridized carbons (Fsp3) is 0.188. The van der Waals surface area contributed by atoms with Crippen LogP contribution < -0.4 is 10.5 Å². The lowest BCUT2D eigenvalue weighted by atomic mass is 10.1. The predicted octanol–water partition coefficient (Wildman–Crippen LogP) is 3.00. The molecule has 0 bridgehead atoms. The van der Waals surface area contributed by atoms with Crippen LogP contribution in [-0.2, 0) is 17.8 Å². The number of hydrogen-bond acceptors (Lipinski definition) is 3. The standard InChI is InChI=1S/C16H16FNO3/c17-13-4-2-1-3-12(13)10-21-15-7-5-11(9-14(15)18)6-8-16(19)20/h1-5,7,9H,6,8,10,18H2,(H,19,20). The molecule has 0 aliphatic rings. The van der Waals surface area contributed by atoms with Crippen molar-refractivity contribution in [3.63, 3.8) is 0 Å². The Balaban J connectivity index is 2.01. The lowest BCUT2D eigenvalue weighted by molar-refractivity contribution is -0.136. The molecule has 2 aromatic carbocycles. The summed E-state index contributed by atoms with van der Waals surface area (Å²) in [7, 11) is 0. The Labute approximate surface area is 122 Å². The number of aliphatic carboxylic acids is 1. The molecule has 0 saturated carbocycles. The van der Waals surface area contributed by atoms with Gasteiger partial charge in [-0.15, -0.1) is 0 Å². The first-order valence-electron chi connectivity index (χ1n) is 6.52. The van der Waals surface area contributed by atoms with Gasteiger partial charge < -0.3 is 15.6 Å². The van der Waals surface area contributed by atoms with E-state index in [0.29, 0.717) is 23.4 Å². The van der Waals surface area contributed by atoms with Crippen molar-refractivity contribution in [1.82, 2.24) is 0 Å². The largest absolute Gasteiger partial charge is 0.487 e. The van der Waals surface area contributed by atoms with Crippen molar-refractivity contribution < 1.29 is 19.0 Å². The highest BCUT2D eigenvalue weighted by molar-refractivity contribution is 5.67. The van der Waals surface area contributed by atoms with E-state index in [1.54, 1.807) is 36.4 Å². The highest BCUT2D eigenvalue weighted by Crippen LogP contribution is 2.24. The molecule has 0 aliphatic heterocycles. The summed E-state index contributed by atoms with van der Waals surface area (Å²) < 4.78 is 19.0. The number of ether oxygens (including phenoxy) is 1. The molecule has 2 rings (SSSR count). The number of anilines is 1. The number of benzene rings is 2. The third-order valence-corrected chi connectivity index (χ3v) is 3.04. The van der Waals surface area contributed by atoms with E-state index in [9.17, 15) is 9.18 Å². The molecule has 0 unspecified atom stereocenters. The van der Waals surface area contributed by atoms with E-state index < -0.39 is 5.97 Å². The molecule has 0 heterocycles. The van der Waals surface area contributed by atoms with E-state index in [4.69, 9.17) is 15.6 Å². The molecule has 3 N–H and O–H groups in total. The van der Waals surface area contributed by atoms with Crippen LogP contribution in [-0.4, -0.2) is 11.1 Å². The molecule has 2 aromatic rings. The van der Waals surface area contributed by atoms with Gasteiger partial charge in [-0.25, -0.2) is 4.39 Å². The van der Waals surface area contributed by atoms with Gasteiger partial charge in [0.1, 0.15) is 18.2 Å². The van der Waals surface area contributed by atoms with Gasteiger partial charge >= 0.3 is 5.97 Å². The summed E-state index contributed by atoms with van der Waals surface area (Å²) in [4.78, 5) is 10.5. The number of carboxylic acid groups (broad SMARTS) is 1. The fourth-order valence-corrected chi connectivity index (χ4v) is 1.91. The Morgan fingerprint density at radius 3 is 2.67 bits per heavy atom. The molecule has 0 radical (unpaired) electrons. The van der Waals surface area contributed by atoms with Gasteiger partial charge in [-0.05, 0) is 30.2 Å². The molecule has 110 valence electrons. The summed E-state index contributed by atoms with van der Waals surface area (Å²) in [6.07, 6.45) is 0.460. The lowest BCUT2D eigenvalue weighted by Gasteiger charge is -2.10. The molecule has 0 atom stereocenters. The van der Waals surface area contributed by atoms with Gasteiger partial charge in [-0.3, -0.25) is 4.79 Å². The van der Waals surface area contributed by atoms with Crippen LogP contribution in [0, 0.1) is 5.82 Å². The SMILES string of the molecule is Nc1cc(CCC(=O)O)ccc1OCc1ccccc1F. The molecule has 0 aromatic heterocycles. The second-order valence-electron chi connectivity index (χ2n) is 4.65. The van der Waals surface area contributed by atoms with Crippen molar-refractivity contribution in [1.29, 1.82) is 0 Å². The average molecular weight is 289 g/mol. The first-order chi connectivity index (χ1) is 10.1. The minimum Gasteiger partial charge on any atom is -0.487 e. The Morgan fingerprint density at radius 1 is 1.24 bits per heavy atom. The lowest BCUT2D eigenvalue weighted by Crippen LogP contribution is -2.02. The predicted molar refractivity (Wildman–Crippen MR) is 77.5 cm³/mol. The average Bonchev–Trinajstić information content (AvgIpc) is 2.45. The quantitative estimate of drug-likeness (QED) is 0.802. The van der Waals surface area contributed by atoms with Gasteiger partial charge in [0.25, 0.3) is 0 Å². The summed E-state index contributed by atoms with van der Waals surface area (Å²) in [5.41, 5.74) is 7.55. The Bertz CT molecular complexity index is 643. The molecule has 4 nitrogen and oxygen atoms in total. The maximum atomic E-state index is 13.5. The minimum atomic E-state index is -0.853. The van der Waals surface area contributed by atoms with Crippen molar-refractivity contribution >= 4 is 11.7 Å². The van der Waals surface area contributed by atoms with E-state index in [-0.39, 0.29) is 18.8 Å². The number of nitrogen functional groups attached to an aromatic ring is 1. The maximum Gasteiger partial charge on any atom is 0.303 e. The van der Waals surface area contributed by atoms with Crippen LogP contribution in [0.1, 0.15) is 17.5 Å². The summed E-state index contributed by atoms with van der Waals surface area (Å²) >= 11 is 0. The van der Waals surface area contributed by atoms with E-state index >= 15 is 0 Å². The zero-order valence-electron chi connectivity index (χ0n) is 11.4. The zero-order valence-corrected chi connectivity index (χ0v) is 11.4. The number of carboxylic acids is 1.